The van der Waals surface area contributed by atoms with Crippen LogP contribution in [-0.4, -0.2) is 33.0 Å². The molecule has 0 heterocycles. The van der Waals surface area contributed by atoms with Crippen molar-refractivity contribution >= 4 is 24.5 Å². The summed E-state index contributed by atoms with van der Waals surface area (Å²) < 4.78 is 0. The summed E-state index contributed by atoms with van der Waals surface area (Å²) in [7, 11) is 4.05. The average molecular weight is 128 g/mol. The summed E-state index contributed by atoms with van der Waals surface area (Å²) in [5.74, 6) is 0. The topological polar surface area (TPSA) is 3.24 Å². The van der Waals surface area contributed by atoms with Crippen molar-refractivity contribution in [3.63, 3.8) is 0 Å². The molecule has 0 aromatic heterocycles. The molecular formula is C8H11LiN. The van der Waals surface area contributed by atoms with Crippen molar-refractivity contribution in [1.82, 2.24) is 0 Å². The Morgan fingerprint density at radius 1 is 1.20 bits per heavy atom. The third-order valence-electron chi connectivity index (χ3n) is 1.22. The molecule has 0 unspecified atom stereocenters. The Labute approximate surface area is 74.2 Å². The van der Waals surface area contributed by atoms with Crippen molar-refractivity contribution in [2.24, 2.45) is 0 Å². The van der Waals surface area contributed by atoms with E-state index in [-0.39, 0.29) is 18.9 Å². The monoisotopic (exact) mass is 128 g/mol. The predicted molar refractivity (Wildman–Crippen MR) is 46.8 cm³/mol. The third-order valence-corrected chi connectivity index (χ3v) is 1.22. The number of nitrogens with zero attached hydrogens (tertiary/aromatic N) is 1. The van der Waals surface area contributed by atoms with E-state index in [2.05, 4.69) is 11.0 Å². The van der Waals surface area contributed by atoms with Crippen molar-refractivity contribution < 1.29 is 0 Å². The zero-order valence-corrected chi connectivity index (χ0v) is 5.76. The summed E-state index contributed by atoms with van der Waals surface area (Å²) in [6.45, 7) is 0. The average Bonchev–Trinajstić information content (AvgIpc) is 1.90. The van der Waals surface area contributed by atoms with Gasteiger partial charge in [0.2, 0.25) is 0 Å². The van der Waals surface area contributed by atoms with Gasteiger partial charge in [0.1, 0.15) is 0 Å². The van der Waals surface area contributed by atoms with Crippen molar-refractivity contribution in [3.8, 4) is 0 Å². The zero-order valence-electron chi connectivity index (χ0n) is 5.76. The van der Waals surface area contributed by atoms with Crippen molar-refractivity contribution in [2.75, 3.05) is 19.0 Å². The molecule has 1 nitrogen and oxygen atoms in total. The summed E-state index contributed by atoms with van der Waals surface area (Å²) in [5.41, 5.74) is 1.22. The van der Waals surface area contributed by atoms with E-state index in [4.69, 9.17) is 0 Å². The minimum atomic E-state index is 0. The van der Waals surface area contributed by atoms with Gasteiger partial charge in [-0.05, 0) is 18.2 Å². The van der Waals surface area contributed by atoms with Crippen LogP contribution in [0, 0.1) is 6.07 Å². The molecular weight excluding hydrogens is 117 g/mol. The Bertz CT molecular complexity index is 172. The van der Waals surface area contributed by atoms with Crippen molar-refractivity contribution in [2.45, 2.75) is 0 Å². The van der Waals surface area contributed by atoms with Gasteiger partial charge >= 0.3 is 18.9 Å². The van der Waals surface area contributed by atoms with Crippen molar-refractivity contribution in [3.05, 3.63) is 30.3 Å². The fraction of sp³-hybridized carbons (Fsp3) is 0.250. The van der Waals surface area contributed by atoms with Gasteiger partial charge in [-0.2, -0.15) is 0 Å². The summed E-state index contributed by atoms with van der Waals surface area (Å²) in [6.07, 6.45) is 0. The molecule has 49 valence electrons. The molecule has 0 N–H and O–H groups in total. The fourth-order valence-corrected chi connectivity index (χ4v) is 0.676. The van der Waals surface area contributed by atoms with Gasteiger partial charge in [-0.3, -0.25) is 0 Å². The second kappa shape index (κ2) is 4.44. The van der Waals surface area contributed by atoms with Crippen molar-refractivity contribution in [1.29, 1.82) is 0 Å². The fourth-order valence-electron chi connectivity index (χ4n) is 0.676. The molecule has 1 aromatic rings. The number of hydrogen-bond donors (Lipinski definition) is 0. The molecule has 0 saturated carbocycles. The van der Waals surface area contributed by atoms with Gasteiger partial charge in [-0.15, -0.1) is 0 Å². The van der Waals surface area contributed by atoms with Gasteiger partial charge in [-0.1, -0.05) is 12.1 Å². The molecule has 0 aliphatic rings. The molecule has 10 heavy (non-hydrogen) atoms. The zero-order chi connectivity index (χ0) is 6.69. The molecule has 0 aliphatic heterocycles. The predicted octanol–water partition coefficient (Wildman–Crippen LogP) is 0.904. The molecule has 0 spiro atoms. The van der Waals surface area contributed by atoms with Crippen LogP contribution in [0.2, 0.25) is 0 Å². The first-order chi connectivity index (χ1) is 4.30. The second-order valence-electron chi connectivity index (χ2n) is 2.15. The molecule has 1 rings (SSSR count). The van der Waals surface area contributed by atoms with E-state index in [9.17, 15) is 0 Å². The third kappa shape index (κ3) is 2.47. The number of anilines is 1. The molecule has 1 radical (unpaired) electrons. The Morgan fingerprint density at radius 3 is 2.00 bits per heavy atom. The first-order valence-electron chi connectivity index (χ1n) is 2.94. The maximum absolute atomic E-state index is 2.96. The van der Waals surface area contributed by atoms with Crippen LogP contribution in [-0.2, 0) is 0 Å². The van der Waals surface area contributed by atoms with Crippen LogP contribution >= 0.6 is 0 Å². The Balaban J connectivity index is 0.000000810. The van der Waals surface area contributed by atoms with Crippen LogP contribution in [0.25, 0.3) is 0 Å². The van der Waals surface area contributed by atoms with E-state index in [1.807, 2.05) is 38.4 Å². The number of hydrogen-bond acceptors (Lipinski definition) is 1. The van der Waals surface area contributed by atoms with Gasteiger partial charge in [0.25, 0.3) is 0 Å². The molecule has 0 fully saturated rings. The van der Waals surface area contributed by atoms with E-state index < -0.39 is 0 Å². The van der Waals surface area contributed by atoms with E-state index >= 15 is 0 Å². The molecule has 0 bridgehead atoms. The van der Waals surface area contributed by atoms with Crippen LogP contribution in [0.4, 0.5) is 5.69 Å². The quantitative estimate of drug-likeness (QED) is 0.508. The second-order valence-corrected chi connectivity index (χ2v) is 2.15. The Morgan fingerprint density at radius 2 is 1.70 bits per heavy atom. The van der Waals surface area contributed by atoms with Crippen LogP contribution in [0.1, 0.15) is 0 Å². The van der Waals surface area contributed by atoms with Gasteiger partial charge < -0.3 is 4.90 Å². The van der Waals surface area contributed by atoms with E-state index in [0.717, 1.165) is 0 Å². The molecule has 0 amide bonds. The van der Waals surface area contributed by atoms with Crippen LogP contribution in [0.5, 0.6) is 0 Å². The number of benzene rings is 1. The van der Waals surface area contributed by atoms with Crippen LogP contribution in [0.3, 0.4) is 0 Å². The first kappa shape index (κ1) is 9.62. The van der Waals surface area contributed by atoms with E-state index in [1.165, 1.54) is 5.69 Å². The van der Waals surface area contributed by atoms with Crippen LogP contribution in [0.15, 0.2) is 24.3 Å². The first-order valence-corrected chi connectivity index (χ1v) is 2.94. The summed E-state index contributed by atoms with van der Waals surface area (Å²) >= 11 is 0. The van der Waals surface area contributed by atoms with Crippen LogP contribution < -0.4 is 4.90 Å². The molecule has 2 heteroatoms. The molecule has 0 aliphatic carbocycles. The summed E-state index contributed by atoms with van der Waals surface area (Å²) in [4.78, 5) is 2.06. The normalized spacial score (nSPS) is 8.20. The van der Waals surface area contributed by atoms with Gasteiger partial charge in [0, 0.05) is 19.8 Å². The maximum atomic E-state index is 2.96. The summed E-state index contributed by atoms with van der Waals surface area (Å²) in [6, 6.07) is 10.8. The summed E-state index contributed by atoms with van der Waals surface area (Å²) in [5, 5.41) is 0. The van der Waals surface area contributed by atoms with Gasteiger partial charge in [0.15, 0.2) is 0 Å². The van der Waals surface area contributed by atoms with E-state index in [0.29, 0.717) is 0 Å². The Hall–Kier alpha value is -0.383. The SMILES string of the molecule is CN(C)c1cc[c]cc1.[LiH]. The Kier molecular flexibility index (Phi) is 4.27. The number of rotatable bonds is 1. The minimum absolute atomic E-state index is 0. The van der Waals surface area contributed by atoms with Gasteiger partial charge in [-0.25, -0.2) is 0 Å². The van der Waals surface area contributed by atoms with Gasteiger partial charge in [0.05, 0.1) is 0 Å². The molecule has 0 saturated heterocycles. The molecule has 1 aromatic carbocycles. The van der Waals surface area contributed by atoms with E-state index in [1.54, 1.807) is 0 Å². The molecule has 0 atom stereocenters. The standard InChI is InChI=1S/C8H10N.Li.H/c1-9(2)8-6-4-3-5-7-8;;/h4-7H,1-2H3;;.